The Labute approximate surface area is 416 Å². The number of likely N-dealkylation sites (tertiary alicyclic amines) is 2. The van der Waals surface area contributed by atoms with Gasteiger partial charge in [0.05, 0.1) is 34.6 Å². The van der Waals surface area contributed by atoms with E-state index in [0.717, 1.165) is 65.6 Å². The molecular weight excluding hydrogens is 933 g/mol. The van der Waals surface area contributed by atoms with Crippen molar-refractivity contribution in [3.8, 4) is 23.0 Å². The molecule has 0 unspecified atom stereocenters. The van der Waals surface area contributed by atoms with Gasteiger partial charge in [0.2, 0.25) is 0 Å². The summed E-state index contributed by atoms with van der Waals surface area (Å²) < 4.78 is 47.9. The molecule has 372 valence electrons. The second kappa shape index (κ2) is 22.7. The Hall–Kier alpha value is -7.26. The van der Waals surface area contributed by atoms with Crippen molar-refractivity contribution in [2.45, 2.75) is 85.5 Å². The number of benzene rings is 3. The predicted octanol–water partition coefficient (Wildman–Crippen LogP) is 10.8. The number of rotatable bonds is 10. The van der Waals surface area contributed by atoms with Crippen molar-refractivity contribution in [2.24, 2.45) is 18.9 Å². The summed E-state index contributed by atoms with van der Waals surface area (Å²) in [4.78, 5) is 43.6. The van der Waals surface area contributed by atoms with Gasteiger partial charge in [-0.2, -0.15) is 28.5 Å². The molecule has 4 atom stereocenters. The average Bonchev–Trinajstić information content (AvgIpc) is 4.14. The molecule has 2 saturated heterocycles. The number of fused-ring (bicyclic) bond motifs is 1. The molecule has 0 saturated carbocycles. The molecule has 2 N–H and O–H groups in total. The van der Waals surface area contributed by atoms with Crippen LogP contribution in [-0.4, -0.2) is 94.4 Å². The molecule has 2 aliphatic rings. The maximum Gasteiger partial charge on any atom is 0.453 e. The average molecular weight is 992 g/mol. The van der Waals surface area contributed by atoms with E-state index in [1.165, 1.54) is 0 Å². The number of carbonyl (C=O) groups is 2. The molecule has 3 aromatic carbocycles. The number of anilines is 2. The molecule has 0 bridgehead atoms. The number of piperidine rings is 2. The van der Waals surface area contributed by atoms with Gasteiger partial charge in [0.1, 0.15) is 23.7 Å². The van der Waals surface area contributed by atoms with Crippen molar-refractivity contribution in [3.05, 3.63) is 130 Å². The van der Waals surface area contributed by atoms with E-state index in [-0.39, 0.29) is 41.1 Å². The summed E-state index contributed by atoms with van der Waals surface area (Å²) in [7, 11) is 1.89. The molecule has 7 aromatic rings. The Bertz CT molecular complexity index is 3000. The van der Waals surface area contributed by atoms with Crippen molar-refractivity contribution >= 4 is 46.3 Å². The highest BCUT2D eigenvalue weighted by atomic mass is 35.5. The van der Waals surface area contributed by atoms with E-state index in [1.807, 2.05) is 63.9 Å². The smallest absolute Gasteiger partial charge is 0.424 e. The van der Waals surface area contributed by atoms with E-state index in [4.69, 9.17) is 21.3 Å². The Balaban J connectivity index is 0.000000204. The van der Waals surface area contributed by atoms with Gasteiger partial charge in [-0.25, -0.2) is 14.6 Å². The van der Waals surface area contributed by atoms with Crippen LogP contribution in [0.1, 0.15) is 96.6 Å². The Morgan fingerprint density at radius 1 is 0.845 bits per heavy atom. The topological polar surface area (TPSA) is 176 Å². The summed E-state index contributed by atoms with van der Waals surface area (Å²) in [6.07, 6.45) is 3.42. The number of oxazole rings is 1. The molecule has 0 aliphatic carbocycles. The summed E-state index contributed by atoms with van der Waals surface area (Å²) in [5.41, 5.74) is 6.63. The minimum absolute atomic E-state index is 0.0496. The first kappa shape index (κ1) is 51.6. The number of halogens is 4. The number of alkyl halides is 3. The predicted molar refractivity (Wildman–Crippen MR) is 267 cm³/mol. The van der Waals surface area contributed by atoms with Gasteiger partial charge in [-0.1, -0.05) is 68.6 Å². The molecule has 2 aliphatic heterocycles. The number of nitrogens with zero attached hydrogens (tertiary/aromatic N) is 10. The Kier molecular flexibility index (Phi) is 16.5. The van der Waals surface area contributed by atoms with Gasteiger partial charge in [0.25, 0.3) is 23.7 Å². The second-order valence-corrected chi connectivity index (χ2v) is 18.2. The molecule has 0 spiro atoms. The highest BCUT2D eigenvalue weighted by Gasteiger charge is 2.38. The summed E-state index contributed by atoms with van der Waals surface area (Å²) in [6.45, 7) is 14.3. The monoisotopic (exact) mass is 990 g/mol. The third-order valence-electron chi connectivity index (χ3n) is 12.8. The summed E-state index contributed by atoms with van der Waals surface area (Å²) >= 11 is 6.04. The van der Waals surface area contributed by atoms with Gasteiger partial charge in [-0.15, -0.1) is 5.10 Å². The lowest BCUT2D eigenvalue weighted by molar-refractivity contribution is -0.144. The van der Waals surface area contributed by atoms with Gasteiger partial charge in [-0.3, -0.25) is 14.3 Å². The van der Waals surface area contributed by atoms with Gasteiger partial charge in [-0.05, 0) is 106 Å². The summed E-state index contributed by atoms with van der Waals surface area (Å²) in [6, 6.07) is 23.9. The van der Waals surface area contributed by atoms with E-state index >= 15 is 0 Å². The fourth-order valence-electron chi connectivity index (χ4n) is 9.10. The van der Waals surface area contributed by atoms with Gasteiger partial charge >= 0.3 is 6.18 Å². The third kappa shape index (κ3) is 12.0. The van der Waals surface area contributed by atoms with Crippen LogP contribution in [0.15, 0.2) is 95.9 Å². The highest BCUT2D eigenvalue weighted by Crippen LogP contribution is 2.32. The lowest BCUT2D eigenvalue weighted by Gasteiger charge is -2.40. The van der Waals surface area contributed by atoms with Crippen LogP contribution in [0.3, 0.4) is 0 Å². The summed E-state index contributed by atoms with van der Waals surface area (Å²) in [5.74, 6) is -0.259. The highest BCUT2D eigenvalue weighted by molar-refractivity contribution is 6.31. The quantitative estimate of drug-likeness (QED) is 0.133. The molecular formula is C52H58ClF3N12O3. The first-order chi connectivity index (χ1) is 34.1. The number of carbonyl (C=O) groups excluding carboxylic acids is 2. The van der Waals surface area contributed by atoms with E-state index in [2.05, 4.69) is 55.7 Å². The molecule has 71 heavy (non-hydrogen) atoms. The lowest BCUT2D eigenvalue weighted by atomic mass is 9.89. The minimum Gasteiger partial charge on any atom is -0.424 e. The molecule has 19 heteroatoms. The summed E-state index contributed by atoms with van der Waals surface area (Å²) in [5, 5.41) is 23.9. The van der Waals surface area contributed by atoms with E-state index in [1.54, 1.807) is 70.5 Å². The van der Waals surface area contributed by atoms with Gasteiger partial charge < -0.3 is 24.9 Å². The van der Waals surface area contributed by atoms with Crippen molar-refractivity contribution in [1.29, 1.82) is 5.26 Å². The maximum atomic E-state index is 13.9. The number of hydrogen-bond acceptors (Lipinski definition) is 11. The number of hydrogen-bond donors (Lipinski definition) is 2. The number of aromatic nitrogens is 7. The van der Waals surface area contributed by atoms with E-state index in [0.29, 0.717) is 64.6 Å². The van der Waals surface area contributed by atoms with Crippen LogP contribution in [0.25, 0.3) is 28.0 Å². The molecule has 9 rings (SSSR count). The zero-order valence-electron chi connectivity index (χ0n) is 40.8. The molecule has 0 radical (unpaired) electrons. The minimum atomic E-state index is -4.69. The van der Waals surface area contributed by atoms with Crippen LogP contribution in [0.4, 0.5) is 25.0 Å². The number of nitrogens with one attached hydrogen (secondary N) is 2. The van der Waals surface area contributed by atoms with E-state index < -0.39 is 12.0 Å². The zero-order chi connectivity index (χ0) is 51.0. The number of aryl methyl sites for hydroxylation is 3. The number of pyridine rings is 1. The number of amides is 2. The fraction of sp³-hybridized carbons (Fsp3) is 0.385. The van der Waals surface area contributed by atoms with Crippen molar-refractivity contribution in [2.75, 3.05) is 36.8 Å². The SMILES string of the molecule is CC.Cc1ccc(-c2ccnn2C)c(C(=O)N2CCC[C@@H](C)[C@H]2CNc2ccc(C#N)cn2)c1.Cc1ccc(-n2cnc(C(F)(F)F)n2)c(C(=O)N2CCC[C@@H](C)[C@H]2CNc2nc3cc(Cl)ccc3o2)c1. The van der Waals surface area contributed by atoms with Crippen LogP contribution in [-0.2, 0) is 13.2 Å². The zero-order valence-corrected chi connectivity index (χ0v) is 41.6. The van der Waals surface area contributed by atoms with Crippen LogP contribution >= 0.6 is 11.6 Å². The fourth-order valence-corrected chi connectivity index (χ4v) is 9.27. The Morgan fingerprint density at radius 3 is 2.10 bits per heavy atom. The largest absolute Gasteiger partial charge is 0.453 e. The normalized spacial score (nSPS) is 17.9. The van der Waals surface area contributed by atoms with Crippen LogP contribution in [0, 0.1) is 37.0 Å². The molecule has 6 heterocycles. The second-order valence-electron chi connectivity index (χ2n) is 17.7. The number of nitriles is 1. The molecule has 15 nitrogen and oxygen atoms in total. The Morgan fingerprint density at radius 2 is 1.49 bits per heavy atom. The molecule has 2 fully saturated rings. The van der Waals surface area contributed by atoms with Crippen LogP contribution in [0.5, 0.6) is 0 Å². The van der Waals surface area contributed by atoms with Crippen molar-refractivity contribution in [1.82, 2.24) is 44.3 Å². The standard InChI is InChI=1S/C25H24ClF3N6O2.C25H28N6O.C2H6/c1-14-5-7-19(35-13-31-23(33-35)25(27,28)29)17(10-14)22(36)34-9-3-4-15(2)20(34)12-30-24-32-18-11-16(26)6-8-21(18)37-24;1-17-6-8-20(22-10-11-29-30(22)3)21(13-17)25(32)31-12-4-5-18(2)23(31)16-28-24-9-7-19(14-26)15-27-24;1-2/h5-8,10-11,13,15,20H,3-4,9,12H2,1-2H3,(H,30,32);6-11,13,15,18,23H,4-5,12,16H2,1-3H3,(H,27,28);1-2H3/t15-,20-;18-,23-;/m11./s1. The molecule has 2 amide bonds. The van der Waals surface area contributed by atoms with Gasteiger partial charge in [0, 0.05) is 61.8 Å². The van der Waals surface area contributed by atoms with Crippen molar-refractivity contribution < 1.29 is 27.2 Å². The van der Waals surface area contributed by atoms with Crippen LogP contribution < -0.4 is 10.6 Å². The lowest BCUT2D eigenvalue weighted by Crippen LogP contribution is -2.51. The maximum absolute atomic E-state index is 13.9. The third-order valence-corrected chi connectivity index (χ3v) is 13.1. The van der Waals surface area contributed by atoms with E-state index in [9.17, 15) is 22.8 Å². The van der Waals surface area contributed by atoms with Crippen LogP contribution in [0.2, 0.25) is 5.02 Å². The van der Waals surface area contributed by atoms with Gasteiger partial charge in [0.15, 0.2) is 5.58 Å². The first-order valence-electron chi connectivity index (χ1n) is 23.8. The first-order valence-corrected chi connectivity index (χ1v) is 24.2. The molecule has 4 aromatic heterocycles. The van der Waals surface area contributed by atoms with Crippen molar-refractivity contribution in [3.63, 3.8) is 0 Å².